The van der Waals surface area contributed by atoms with Gasteiger partial charge in [0.1, 0.15) is 0 Å². The summed E-state index contributed by atoms with van der Waals surface area (Å²) in [5, 5.41) is 14.9. The van der Waals surface area contributed by atoms with E-state index < -0.39 is 11.7 Å². The Kier molecular flexibility index (Phi) is 6.54. The minimum absolute atomic E-state index is 0.287. The zero-order valence-corrected chi connectivity index (χ0v) is 26.9. The van der Waals surface area contributed by atoms with E-state index in [0.717, 1.165) is 89.4 Å². The van der Waals surface area contributed by atoms with Gasteiger partial charge < -0.3 is 9.13 Å². The lowest BCUT2D eigenvalue weighted by atomic mass is 9.96. The van der Waals surface area contributed by atoms with Crippen molar-refractivity contribution < 1.29 is 13.2 Å². The van der Waals surface area contributed by atoms with Gasteiger partial charge in [-0.2, -0.15) is 18.4 Å². The van der Waals surface area contributed by atoms with Gasteiger partial charge in [0.25, 0.3) is 0 Å². The van der Waals surface area contributed by atoms with E-state index in [4.69, 9.17) is 0 Å². The number of aromatic nitrogens is 2. The summed E-state index contributed by atoms with van der Waals surface area (Å²) in [6.07, 6.45) is -4.52. The number of rotatable bonds is 3. The fourth-order valence-corrected chi connectivity index (χ4v) is 7.15. The minimum Gasteiger partial charge on any atom is -0.307 e. The van der Waals surface area contributed by atoms with Crippen LogP contribution in [0, 0.1) is 39.0 Å². The van der Waals surface area contributed by atoms with Gasteiger partial charge in [-0.15, -0.1) is 0 Å². The van der Waals surface area contributed by atoms with E-state index >= 15 is 0 Å². The average Bonchev–Trinajstić information content (AvgIpc) is 3.54. The summed E-state index contributed by atoms with van der Waals surface area (Å²) >= 11 is 0. The molecule has 0 amide bonds. The first kappa shape index (κ1) is 29.6. The predicted octanol–water partition coefficient (Wildman–Crippen LogP) is 11.7. The first-order chi connectivity index (χ1) is 23.0. The van der Waals surface area contributed by atoms with Crippen LogP contribution in [-0.4, -0.2) is 9.13 Å². The first-order valence-corrected chi connectivity index (χ1v) is 15.8. The standard InChI is InChI=1S/C42H30F3N3/c1-24-8-12-36-32(16-24)33-17-25(2)9-13-37(33)47(36)40-21-29(23-46)31(28-6-5-7-30(20-28)42(43,44)45)22-41(40)48-38-14-10-26(3)18-34(38)35-19-27(4)11-15-39(35)48/h5-22H,1-4H3. The van der Waals surface area contributed by atoms with Gasteiger partial charge in [0, 0.05) is 27.1 Å². The molecule has 0 N–H and O–H groups in total. The van der Waals surface area contributed by atoms with Gasteiger partial charge in [-0.3, -0.25) is 0 Å². The van der Waals surface area contributed by atoms with E-state index in [0.29, 0.717) is 11.1 Å². The number of aryl methyl sites for hydroxylation is 4. The molecule has 2 heterocycles. The van der Waals surface area contributed by atoms with Gasteiger partial charge >= 0.3 is 6.18 Å². The summed E-state index contributed by atoms with van der Waals surface area (Å²) in [5.41, 5.74) is 10.2. The molecule has 0 aliphatic rings. The minimum atomic E-state index is -4.52. The molecule has 0 radical (unpaired) electrons. The van der Waals surface area contributed by atoms with Gasteiger partial charge in [-0.1, -0.05) is 58.7 Å². The van der Waals surface area contributed by atoms with E-state index in [1.165, 1.54) is 6.07 Å². The Hall–Kier alpha value is -5.80. The molecule has 0 bridgehead atoms. The fourth-order valence-electron chi connectivity index (χ4n) is 7.15. The van der Waals surface area contributed by atoms with E-state index in [9.17, 15) is 18.4 Å². The van der Waals surface area contributed by atoms with Crippen LogP contribution >= 0.6 is 0 Å². The topological polar surface area (TPSA) is 33.6 Å². The first-order valence-electron chi connectivity index (χ1n) is 15.8. The van der Waals surface area contributed by atoms with Gasteiger partial charge in [-0.05, 0) is 106 Å². The van der Waals surface area contributed by atoms with Crippen LogP contribution < -0.4 is 0 Å². The van der Waals surface area contributed by atoms with Crippen molar-refractivity contribution >= 4 is 43.6 Å². The second-order valence-electron chi connectivity index (χ2n) is 12.8. The maximum atomic E-state index is 13.9. The van der Waals surface area contributed by atoms with E-state index in [1.54, 1.807) is 6.07 Å². The van der Waals surface area contributed by atoms with Crippen molar-refractivity contribution in [3.63, 3.8) is 0 Å². The molecule has 8 aromatic rings. The molecule has 0 saturated heterocycles. The molecule has 8 rings (SSSR count). The maximum Gasteiger partial charge on any atom is 0.416 e. The largest absolute Gasteiger partial charge is 0.416 e. The van der Waals surface area contributed by atoms with E-state index in [1.807, 2.05) is 12.1 Å². The Bertz CT molecular complexity index is 2540. The average molecular weight is 634 g/mol. The second-order valence-corrected chi connectivity index (χ2v) is 12.8. The van der Waals surface area contributed by atoms with Crippen molar-refractivity contribution in [1.82, 2.24) is 9.13 Å². The number of nitriles is 1. The molecule has 0 saturated carbocycles. The predicted molar refractivity (Wildman–Crippen MR) is 189 cm³/mol. The summed E-state index contributed by atoms with van der Waals surface area (Å²) in [5.74, 6) is 0. The zero-order valence-electron chi connectivity index (χ0n) is 26.9. The molecule has 2 aromatic heterocycles. The molecule has 0 aliphatic carbocycles. The molecule has 6 heteroatoms. The Morgan fingerprint density at radius 2 is 0.938 bits per heavy atom. The Morgan fingerprint density at radius 3 is 1.33 bits per heavy atom. The summed E-state index contributed by atoms with van der Waals surface area (Å²) in [6.45, 7) is 8.28. The van der Waals surface area contributed by atoms with E-state index in [2.05, 4.69) is 116 Å². The van der Waals surface area contributed by atoms with Crippen molar-refractivity contribution in [2.75, 3.05) is 0 Å². The zero-order chi connectivity index (χ0) is 33.5. The van der Waals surface area contributed by atoms with Gasteiger partial charge in [0.2, 0.25) is 0 Å². The molecule has 3 nitrogen and oxygen atoms in total. The van der Waals surface area contributed by atoms with Crippen LogP contribution in [0.2, 0.25) is 0 Å². The molecular weight excluding hydrogens is 603 g/mol. The third-order valence-electron chi connectivity index (χ3n) is 9.37. The number of benzene rings is 6. The summed E-state index contributed by atoms with van der Waals surface area (Å²) in [7, 11) is 0. The Morgan fingerprint density at radius 1 is 0.521 bits per heavy atom. The third-order valence-corrected chi connectivity index (χ3v) is 9.37. The maximum absolute atomic E-state index is 13.9. The van der Waals surface area contributed by atoms with E-state index in [-0.39, 0.29) is 5.56 Å². The molecule has 0 aliphatic heterocycles. The highest BCUT2D eigenvalue weighted by Gasteiger charge is 2.31. The molecule has 6 aromatic carbocycles. The monoisotopic (exact) mass is 633 g/mol. The van der Waals surface area contributed by atoms with Crippen molar-refractivity contribution in [3.05, 3.63) is 143 Å². The molecule has 0 atom stereocenters. The van der Waals surface area contributed by atoms with Crippen molar-refractivity contribution in [1.29, 1.82) is 5.26 Å². The number of nitrogens with zero attached hydrogens (tertiary/aromatic N) is 3. The Labute approximate surface area is 275 Å². The molecule has 0 unspecified atom stereocenters. The lowest BCUT2D eigenvalue weighted by molar-refractivity contribution is -0.137. The lowest BCUT2D eigenvalue weighted by Crippen LogP contribution is -2.07. The number of hydrogen-bond donors (Lipinski definition) is 0. The van der Waals surface area contributed by atoms with Crippen LogP contribution in [0.4, 0.5) is 13.2 Å². The molecule has 0 fully saturated rings. The fraction of sp³-hybridized carbons (Fsp3) is 0.119. The van der Waals surface area contributed by atoms with Gasteiger partial charge in [0.15, 0.2) is 0 Å². The SMILES string of the molecule is Cc1ccc2c(c1)c1cc(C)ccc1n2-c1cc(C#N)c(-c2cccc(C(F)(F)F)c2)cc1-n1c2ccc(C)cc2c2cc(C)ccc21. The van der Waals surface area contributed by atoms with Gasteiger partial charge in [-0.25, -0.2) is 0 Å². The summed E-state index contributed by atoms with van der Waals surface area (Å²) in [6, 6.07) is 36.7. The van der Waals surface area contributed by atoms with Crippen LogP contribution in [0.3, 0.4) is 0 Å². The number of hydrogen-bond acceptors (Lipinski definition) is 1. The lowest BCUT2D eigenvalue weighted by Gasteiger charge is -2.20. The van der Waals surface area contributed by atoms with Crippen molar-refractivity contribution in [2.24, 2.45) is 0 Å². The normalized spacial score (nSPS) is 12.0. The van der Waals surface area contributed by atoms with Gasteiger partial charge in [0.05, 0.1) is 50.6 Å². The van der Waals surface area contributed by atoms with Crippen LogP contribution in [0.1, 0.15) is 33.4 Å². The molecule has 0 spiro atoms. The van der Waals surface area contributed by atoms with Crippen LogP contribution in [-0.2, 0) is 6.18 Å². The number of halogens is 3. The Balaban J connectivity index is 1.57. The molecule has 234 valence electrons. The highest BCUT2D eigenvalue weighted by Crippen LogP contribution is 2.42. The highest BCUT2D eigenvalue weighted by molar-refractivity contribution is 6.12. The second kappa shape index (κ2) is 10.6. The smallest absolute Gasteiger partial charge is 0.307 e. The molecular formula is C42H30F3N3. The van der Waals surface area contributed by atoms with Crippen molar-refractivity contribution in [2.45, 2.75) is 33.9 Å². The number of fused-ring (bicyclic) bond motifs is 6. The highest BCUT2D eigenvalue weighted by atomic mass is 19.4. The summed E-state index contributed by atoms with van der Waals surface area (Å²) in [4.78, 5) is 0. The summed E-state index contributed by atoms with van der Waals surface area (Å²) < 4.78 is 46.1. The number of alkyl halides is 3. The molecule has 48 heavy (non-hydrogen) atoms. The van der Waals surface area contributed by atoms with Crippen LogP contribution in [0.25, 0.3) is 66.1 Å². The van der Waals surface area contributed by atoms with Crippen molar-refractivity contribution in [3.8, 4) is 28.6 Å². The third kappa shape index (κ3) is 4.57. The van der Waals surface area contributed by atoms with Crippen LogP contribution in [0.15, 0.2) is 109 Å². The van der Waals surface area contributed by atoms with Crippen LogP contribution in [0.5, 0.6) is 0 Å². The quantitative estimate of drug-likeness (QED) is 0.191.